The number of hydrogen-bond donors (Lipinski definition) is 1. The zero-order valence-electron chi connectivity index (χ0n) is 15.6. The van der Waals surface area contributed by atoms with Gasteiger partial charge in [0.15, 0.2) is 0 Å². The summed E-state index contributed by atoms with van der Waals surface area (Å²) in [5.74, 6) is 1.16. The second-order valence-electron chi connectivity index (χ2n) is 6.75. The topological polar surface area (TPSA) is 74.5 Å². The lowest BCUT2D eigenvalue weighted by Gasteiger charge is -2.34. The molecule has 1 aliphatic heterocycles. The number of furan rings is 1. The molecule has 0 aliphatic carbocycles. The zero-order valence-corrected chi connectivity index (χ0v) is 15.6. The highest BCUT2D eigenvalue weighted by Gasteiger charge is 2.23. The van der Waals surface area contributed by atoms with Crippen molar-refractivity contribution < 1.29 is 9.21 Å². The predicted octanol–water partition coefficient (Wildman–Crippen LogP) is 2.64. The largest absolute Gasteiger partial charge is 0.467 e. The molecular weight excluding hydrogens is 354 g/mol. The number of nitrogens with one attached hydrogen (secondary N) is 1. The fourth-order valence-electron chi connectivity index (χ4n) is 3.26. The first-order valence-corrected chi connectivity index (χ1v) is 9.43. The van der Waals surface area contributed by atoms with Crippen LogP contribution in [0.3, 0.4) is 0 Å². The minimum absolute atomic E-state index is 0.0530. The van der Waals surface area contributed by atoms with Gasteiger partial charge in [-0.25, -0.2) is 9.97 Å². The third-order valence-corrected chi connectivity index (χ3v) is 4.78. The Morgan fingerprint density at radius 3 is 2.61 bits per heavy atom. The highest BCUT2D eigenvalue weighted by atomic mass is 16.3. The first kappa shape index (κ1) is 18.2. The number of aromatic nitrogens is 2. The summed E-state index contributed by atoms with van der Waals surface area (Å²) in [6, 6.07) is 15.8. The highest BCUT2D eigenvalue weighted by Crippen LogP contribution is 2.12. The van der Waals surface area contributed by atoms with Crippen LogP contribution in [-0.4, -0.2) is 51.9 Å². The van der Waals surface area contributed by atoms with E-state index in [0.717, 1.165) is 25.4 Å². The van der Waals surface area contributed by atoms with Crippen molar-refractivity contribution in [2.75, 3.05) is 31.5 Å². The van der Waals surface area contributed by atoms with Gasteiger partial charge in [-0.3, -0.25) is 9.69 Å². The number of nitrogens with zero attached hydrogens (tertiary/aromatic N) is 4. The molecule has 2 aromatic heterocycles. The Balaban J connectivity index is 1.31. The SMILES string of the molecule is O=C(c1ccnc(NCc2ccco2)n1)N1CCN(Cc2ccccc2)CC1. The summed E-state index contributed by atoms with van der Waals surface area (Å²) >= 11 is 0. The normalized spacial score (nSPS) is 14.8. The van der Waals surface area contributed by atoms with Crippen molar-refractivity contribution in [2.24, 2.45) is 0 Å². The van der Waals surface area contributed by atoms with Gasteiger partial charge in [0.25, 0.3) is 5.91 Å². The monoisotopic (exact) mass is 377 g/mol. The molecule has 3 heterocycles. The molecule has 0 spiro atoms. The highest BCUT2D eigenvalue weighted by molar-refractivity contribution is 5.92. The van der Waals surface area contributed by atoms with Crippen molar-refractivity contribution in [3.63, 3.8) is 0 Å². The minimum atomic E-state index is -0.0530. The van der Waals surface area contributed by atoms with Crippen LogP contribution >= 0.6 is 0 Å². The molecule has 1 N–H and O–H groups in total. The maximum absolute atomic E-state index is 12.8. The van der Waals surface area contributed by atoms with Crippen LogP contribution in [0.2, 0.25) is 0 Å². The van der Waals surface area contributed by atoms with E-state index in [0.29, 0.717) is 31.3 Å². The number of rotatable bonds is 6. The third kappa shape index (κ3) is 4.55. The molecule has 4 rings (SSSR count). The van der Waals surface area contributed by atoms with E-state index < -0.39 is 0 Å². The summed E-state index contributed by atoms with van der Waals surface area (Å²) < 4.78 is 5.28. The summed E-state index contributed by atoms with van der Waals surface area (Å²) in [4.78, 5) is 25.6. The Morgan fingerprint density at radius 1 is 1.04 bits per heavy atom. The van der Waals surface area contributed by atoms with E-state index in [4.69, 9.17) is 4.42 Å². The van der Waals surface area contributed by atoms with Crippen LogP contribution in [0.5, 0.6) is 0 Å². The van der Waals surface area contributed by atoms with Crippen LogP contribution in [0.15, 0.2) is 65.4 Å². The predicted molar refractivity (Wildman–Crippen MR) is 106 cm³/mol. The van der Waals surface area contributed by atoms with Crippen LogP contribution in [-0.2, 0) is 13.1 Å². The molecule has 0 atom stereocenters. The average Bonchev–Trinajstić information content (AvgIpc) is 3.27. The summed E-state index contributed by atoms with van der Waals surface area (Å²) in [5.41, 5.74) is 1.71. The van der Waals surface area contributed by atoms with E-state index in [1.807, 2.05) is 23.1 Å². The van der Waals surface area contributed by atoms with Crippen molar-refractivity contribution in [1.82, 2.24) is 19.8 Å². The lowest BCUT2D eigenvalue weighted by Crippen LogP contribution is -2.48. The van der Waals surface area contributed by atoms with Gasteiger partial charge in [0.1, 0.15) is 11.5 Å². The van der Waals surface area contributed by atoms with E-state index >= 15 is 0 Å². The van der Waals surface area contributed by atoms with Gasteiger partial charge < -0.3 is 14.6 Å². The number of carbonyl (C=O) groups is 1. The molecule has 1 amide bonds. The molecule has 0 bridgehead atoms. The number of benzene rings is 1. The second-order valence-corrected chi connectivity index (χ2v) is 6.75. The van der Waals surface area contributed by atoms with Gasteiger partial charge in [0.05, 0.1) is 12.8 Å². The summed E-state index contributed by atoms with van der Waals surface area (Å²) in [6.07, 6.45) is 3.23. The molecule has 144 valence electrons. The Labute approximate surface area is 164 Å². The van der Waals surface area contributed by atoms with E-state index in [1.54, 1.807) is 18.5 Å². The van der Waals surface area contributed by atoms with Gasteiger partial charge >= 0.3 is 0 Å². The first-order chi connectivity index (χ1) is 13.8. The van der Waals surface area contributed by atoms with Gasteiger partial charge in [-0.05, 0) is 23.8 Å². The van der Waals surface area contributed by atoms with Gasteiger partial charge in [0, 0.05) is 38.9 Å². The zero-order chi connectivity index (χ0) is 19.2. The van der Waals surface area contributed by atoms with E-state index in [1.165, 1.54) is 5.56 Å². The molecule has 1 aliphatic rings. The Morgan fingerprint density at radius 2 is 1.86 bits per heavy atom. The Bertz CT molecular complexity index is 890. The molecular formula is C21H23N5O2. The number of amides is 1. The first-order valence-electron chi connectivity index (χ1n) is 9.43. The van der Waals surface area contributed by atoms with Crippen LogP contribution < -0.4 is 5.32 Å². The molecule has 28 heavy (non-hydrogen) atoms. The minimum Gasteiger partial charge on any atom is -0.467 e. The van der Waals surface area contributed by atoms with Gasteiger partial charge in [0.2, 0.25) is 5.95 Å². The van der Waals surface area contributed by atoms with Crippen LogP contribution in [0, 0.1) is 0 Å². The van der Waals surface area contributed by atoms with Crippen LogP contribution in [0.4, 0.5) is 5.95 Å². The maximum Gasteiger partial charge on any atom is 0.272 e. The maximum atomic E-state index is 12.8. The Hall–Kier alpha value is -3.19. The quantitative estimate of drug-likeness (QED) is 0.712. The average molecular weight is 377 g/mol. The summed E-state index contributed by atoms with van der Waals surface area (Å²) in [5, 5.41) is 3.08. The fourth-order valence-corrected chi connectivity index (χ4v) is 3.26. The molecule has 0 saturated carbocycles. The molecule has 1 saturated heterocycles. The van der Waals surface area contributed by atoms with E-state index in [-0.39, 0.29) is 5.91 Å². The number of carbonyl (C=O) groups excluding carboxylic acids is 1. The fraction of sp³-hybridized carbons (Fsp3) is 0.286. The van der Waals surface area contributed by atoms with E-state index in [9.17, 15) is 4.79 Å². The number of piperazine rings is 1. The molecule has 0 unspecified atom stereocenters. The van der Waals surface area contributed by atoms with Crippen molar-refractivity contribution in [3.8, 4) is 0 Å². The summed E-state index contributed by atoms with van der Waals surface area (Å²) in [7, 11) is 0. The van der Waals surface area contributed by atoms with Crippen LogP contribution in [0.25, 0.3) is 0 Å². The van der Waals surface area contributed by atoms with Crippen molar-refractivity contribution in [3.05, 3.63) is 78.0 Å². The van der Waals surface area contributed by atoms with E-state index in [2.05, 4.69) is 44.5 Å². The molecule has 3 aromatic rings. The second kappa shape index (κ2) is 8.67. The number of hydrogen-bond acceptors (Lipinski definition) is 6. The standard InChI is InChI=1S/C21H23N5O2/c27-20(19-8-9-22-21(24-19)23-15-18-7-4-14-28-18)26-12-10-25(11-13-26)16-17-5-2-1-3-6-17/h1-9,14H,10-13,15-16H2,(H,22,23,24). The third-order valence-electron chi connectivity index (χ3n) is 4.78. The molecule has 0 radical (unpaired) electrons. The smallest absolute Gasteiger partial charge is 0.272 e. The Kier molecular flexibility index (Phi) is 5.63. The lowest BCUT2D eigenvalue weighted by molar-refractivity contribution is 0.0622. The van der Waals surface area contributed by atoms with Crippen molar-refractivity contribution >= 4 is 11.9 Å². The molecule has 1 fully saturated rings. The van der Waals surface area contributed by atoms with Gasteiger partial charge in [-0.1, -0.05) is 30.3 Å². The van der Waals surface area contributed by atoms with Crippen LogP contribution in [0.1, 0.15) is 21.8 Å². The van der Waals surface area contributed by atoms with Crippen molar-refractivity contribution in [2.45, 2.75) is 13.1 Å². The molecule has 1 aromatic carbocycles. The van der Waals surface area contributed by atoms with Crippen molar-refractivity contribution in [1.29, 1.82) is 0 Å². The molecule has 7 nitrogen and oxygen atoms in total. The lowest BCUT2D eigenvalue weighted by atomic mass is 10.2. The molecule has 7 heteroatoms. The summed E-state index contributed by atoms with van der Waals surface area (Å²) in [6.45, 7) is 4.50. The van der Waals surface area contributed by atoms with Gasteiger partial charge in [-0.15, -0.1) is 0 Å². The number of anilines is 1. The van der Waals surface area contributed by atoms with Gasteiger partial charge in [-0.2, -0.15) is 0 Å².